The third kappa shape index (κ3) is 2.42. The predicted octanol–water partition coefficient (Wildman–Crippen LogP) is 2.22. The number of nitrogens with zero attached hydrogens (tertiary/aromatic N) is 2. The maximum Gasteiger partial charge on any atom is 0.252 e. The third-order valence-corrected chi connectivity index (χ3v) is 2.98. The van der Waals surface area contributed by atoms with Crippen LogP contribution in [0.2, 0.25) is 0 Å². The van der Waals surface area contributed by atoms with Crippen LogP contribution in [0.5, 0.6) is 0 Å². The summed E-state index contributed by atoms with van der Waals surface area (Å²) in [5.41, 5.74) is 1.68. The third-order valence-electron chi connectivity index (χ3n) is 2.98. The van der Waals surface area contributed by atoms with Crippen molar-refractivity contribution in [1.29, 1.82) is 0 Å². The van der Waals surface area contributed by atoms with Crippen LogP contribution < -0.4 is 5.32 Å². The lowest BCUT2D eigenvalue weighted by Crippen LogP contribution is -2.28. The number of carbonyl (C=O) groups excluding carboxylic acids is 1. The second kappa shape index (κ2) is 5.04. The molecule has 1 heterocycles. The zero-order valence-electron chi connectivity index (χ0n) is 10.8. The summed E-state index contributed by atoms with van der Waals surface area (Å²) in [5.74, 6) is 0.778. The Hall–Kier alpha value is -2.10. The van der Waals surface area contributed by atoms with E-state index in [9.17, 15) is 4.79 Å². The van der Waals surface area contributed by atoms with Crippen LogP contribution in [0.3, 0.4) is 0 Å². The summed E-state index contributed by atoms with van der Waals surface area (Å²) in [7, 11) is 1.92. The van der Waals surface area contributed by atoms with Crippen molar-refractivity contribution in [1.82, 2.24) is 14.9 Å². The molecule has 1 atom stereocenters. The summed E-state index contributed by atoms with van der Waals surface area (Å²) in [6.45, 7) is 3.86. The van der Waals surface area contributed by atoms with Crippen LogP contribution in [0, 0.1) is 6.92 Å². The van der Waals surface area contributed by atoms with Crippen LogP contribution in [0.25, 0.3) is 0 Å². The monoisotopic (exact) mass is 243 g/mol. The van der Waals surface area contributed by atoms with Crippen LogP contribution in [0.4, 0.5) is 0 Å². The van der Waals surface area contributed by atoms with E-state index in [0.717, 1.165) is 11.4 Å². The highest BCUT2D eigenvalue weighted by molar-refractivity contribution is 5.95. The van der Waals surface area contributed by atoms with Gasteiger partial charge < -0.3 is 9.88 Å². The topological polar surface area (TPSA) is 46.9 Å². The molecule has 4 nitrogen and oxygen atoms in total. The summed E-state index contributed by atoms with van der Waals surface area (Å²) in [6.07, 6.45) is 3.59. The molecule has 0 aliphatic heterocycles. The number of imidazole rings is 1. The molecule has 1 aromatic heterocycles. The van der Waals surface area contributed by atoms with Gasteiger partial charge in [-0.05, 0) is 25.5 Å². The largest absolute Gasteiger partial charge is 0.342 e. The summed E-state index contributed by atoms with van der Waals surface area (Å²) in [5, 5.41) is 2.96. The number of nitrogens with one attached hydrogen (secondary N) is 1. The van der Waals surface area contributed by atoms with Crippen LogP contribution in [-0.2, 0) is 7.05 Å². The van der Waals surface area contributed by atoms with E-state index in [4.69, 9.17) is 0 Å². The van der Waals surface area contributed by atoms with Gasteiger partial charge in [-0.1, -0.05) is 18.2 Å². The second-order valence-corrected chi connectivity index (χ2v) is 4.41. The van der Waals surface area contributed by atoms with Crippen molar-refractivity contribution < 1.29 is 4.79 Å². The van der Waals surface area contributed by atoms with E-state index in [2.05, 4.69) is 10.3 Å². The Morgan fingerprint density at radius 3 is 2.72 bits per heavy atom. The van der Waals surface area contributed by atoms with E-state index in [1.165, 1.54) is 0 Å². The van der Waals surface area contributed by atoms with Crippen LogP contribution in [-0.4, -0.2) is 15.5 Å². The van der Waals surface area contributed by atoms with Gasteiger partial charge in [-0.25, -0.2) is 4.98 Å². The lowest BCUT2D eigenvalue weighted by molar-refractivity contribution is 0.0937. The fourth-order valence-electron chi connectivity index (χ4n) is 1.96. The Balaban J connectivity index is 2.13. The smallest absolute Gasteiger partial charge is 0.252 e. The van der Waals surface area contributed by atoms with Crippen molar-refractivity contribution in [3.05, 3.63) is 53.6 Å². The molecule has 0 saturated carbocycles. The van der Waals surface area contributed by atoms with E-state index in [0.29, 0.717) is 5.56 Å². The zero-order chi connectivity index (χ0) is 13.1. The molecule has 1 unspecified atom stereocenters. The number of aromatic nitrogens is 2. The van der Waals surface area contributed by atoms with Gasteiger partial charge in [0.1, 0.15) is 5.82 Å². The van der Waals surface area contributed by atoms with Gasteiger partial charge >= 0.3 is 0 Å². The molecular weight excluding hydrogens is 226 g/mol. The lowest BCUT2D eigenvalue weighted by Gasteiger charge is -2.14. The van der Waals surface area contributed by atoms with Gasteiger partial charge in [-0.3, -0.25) is 4.79 Å². The molecule has 18 heavy (non-hydrogen) atoms. The first-order valence-corrected chi connectivity index (χ1v) is 5.93. The van der Waals surface area contributed by atoms with E-state index < -0.39 is 0 Å². The lowest BCUT2D eigenvalue weighted by atomic mass is 10.1. The molecule has 94 valence electrons. The minimum atomic E-state index is -0.114. The maximum atomic E-state index is 12.1. The predicted molar refractivity (Wildman–Crippen MR) is 70.3 cm³/mol. The molecule has 2 rings (SSSR count). The molecule has 0 aliphatic rings. The van der Waals surface area contributed by atoms with Crippen LogP contribution in [0.1, 0.15) is 34.7 Å². The quantitative estimate of drug-likeness (QED) is 0.898. The maximum absolute atomic E-state index is 12.1. The molecule has 1 aromatic carbocycles. The highest BCUT2D eigenvalue weighted by Gasteiger charge is 2.15. The molecule has 0 aliphatic carbocycles. The standard InChI is InChI=1S/C14H17N3O/c1-10-6-4-5-7-12(10)14(18)16-11(2)13-15-8-9-17(13)3/h4-9,11H,1-3H3,(H,16,18). The average molecular weight is 243 g/mol. The summed E-state index contributed by atoms with van der Waals surface area (Å²) in [6, 6.07) is 7.44. The molecule has 0 bridgehead atoms. The molecule has 0 radical (unpaired) electrons. The van der Waals surface area contributed by atoms with Gasteiger partial charge in [0.15, 0.2) is 0 Å². The van der Waals surface area contributed by atoms with Crippen LogP contribution >= 0.6 is 0 Å². The molecule has 0 saturated heterocycles. The highest BCUT2D eigenvalue weighted by Crippen LogP contribution is 2.12. The Morgan fingerprint density at radius 1 is 1.39 bits per heavy atom. The van der Waals surface area contributed by atoms with E-state index in [-0.39, 0.29) is 11.9 Å². The summed E-state index contributed by atoms with van der Waals surface area (Å²) < 4.78 is 1.91. The van der Waals surface area contributed by atoms with Gasteiger partial charge in [0.25, 0.3) is 5.91 Å². The fraction of sp³-hybridized carbons (Fsp3) is 0.286. The first-order chi connectivity index (χ1) is 8.59. The molecule has 4 heteroatoms. The van der Waals surface area contributed by atoms with Crippen molar-refractivity contribution in [2.75, 3.05) is 0 Å². The summed E-state index contributed by atoms with van der Waals surface area (Å²) >= 11 is 0. The molecule has 0 spiro atoms. The molecule has 0 fully saturated rings. The summed E-state index contributed by atoms with van der Waals surface area (Å²) in [4.78, 5) is 16.4. The number of hydrogen-bond acceptors (Lipinski definition) is 2. The van der Waals surface area contributed by atoms with E-state index in [1.807, 2.05) is 55.9 Å². The molecular formula is C14H17N3O. The number of carbonyl (C=O) groups is 1. The van der Waals surface area contributed by atoms with Gasteiger partial charge in [0.05, 0.1) is 6.04 Å². The van der Waals surface area contributed by atoms with E-state index >= 15 is 0 Å². The van der Waals surface area contributed by atoms with Gasteiger partial charge in [0, 0.05) is 25.0 Å². The van der Waals surface area contributed by atoms with Crippen molar-refractivity contribution in [2.24, 2.45) is 7.05 Å². The van der Waals surface area contributed by atoms with Gasteiger partial charge in [0.2, 0.25) is 0 Å². The van der Waals surface area contributed by atoms with Crippen LogP contribution in [0.15, 0.2) is 36.7 Å². The number of hydrogen-bond donors (Lipinski definition) is 1. The fourth-order valence-corrected chi connectivity index (χ4v) is 1.96. The van der Waals surface area contributed by atoms with Gasteiger partial charge in [-0.15, -0.1) is 0 Å². The molecule has 2 aromatic rings. The zero-order valence-corrected chi connectivity index (χ0v) is 10.8. The van der Waals surface area contributed by atoms with Crippen molar-refractivity contribution in [2.45, 2.75) is 19.9 Å². The average Bonchev–Trinajstić information content (AvgIpc) is 2.76. The van der Waals surface area contributed by atoms with Gasteiger partial charge in [-0.2, -0.15) is 0 Å². The van der Waals surface area contributed by atoms with E-state index in [1.54, 1.807) is 6.20 Å². The van der Waals surface area contributed by atoms with Crippen molar-refractivity contribution in [3.8, 4) is 0 Å². The normalized spacial score (nSPS) is 12.2. The Labute approximate surface area is 107 Å². The number of amides is 1. The SMILES string of the molecule is Cc1ccccc1C(=O)NC(C)c1nccn1C. The number of rotatable bonds is 3. The Morgan fingerprint density at radius 2 is 2.11 bits per heavy atom. The highest BCUT2D eigenvalue weighted by atomic mass is 16.1. The van der Waals surface area contributed by atoms with Crippen molar-refractivity contribution in [3.63, 3.8) is 0 Å². The Bertz CT molecular complexity index is 560. The minimum absolute atomic E-state index is 0.0661. The number of benzene rings is 1. The minimum Gasteiger partial charge on any atom is -0.342 e. The first-order valence-electron chi connectivity index (χ1n) is 5.93. The second-order valence-electron chi connectivity index (χ2n) is 4.41. The molecule has 1 amide bonds. The molecule has 1 N–H and O–H groups in total. The van der Waals surface area contributed by atoms with Crippen molar-refractivity contribution >= 4 is 5.91 Å². The number of aryl methyl sites for hydroxylation is 2. The first kappa shape index (κ1) is 12.4. The Kier molecular flexibility index (Phi) is 3.46.